The van der Waals surface area contributed by atoms with E-state index in [0.717, 1.165) is 0 Å². The van der Waals surface area contributed by atoms with E-state index in [4.69, 9.17) is 0 Å². The van der Waals surface area contributed by atoms with E-state index in [1.807, 2.05) is 0 Å². The molecule has 1 rings (SSSR count). The molecule has 0 aliphatic carbocycles. The van der Waals surface area contributed by atoms with Gasteiger partial charge < -0.3 is 4.74 Å². The van der Waals surface area contributed by atoms with E-state index < -0.39 is 34.5 Å². The van der Waals surface area contributed by atoms with Crippen molar-refractivity contribution in [2.75, 3.05) is 0 Å². The van der Waals surface area contributed by atoms with E-state index in [1.165, 1.54) is 0 Å². The number of nitrogens with zero attached hydrogens (tertiary/aromatic N) is 1. The fraction of sp³-hybridized carbons (Fsp3) is 0.250. The van der Waals surface area contributed by atoms with Gasteiger partial charge in [-0.25, -0.2) is 0 Å². The Bertz CT molecular complexity index is 467. The molecule has 4 nitrogen and oxygen atoms in total. The van der Waals surface area contributed by atoms with Gasteiger partial charge in [0, 0.05) is 6.07 Å². The van der Waals surface area contributed by atoms with Gasteiger partial charge in [0.2, 0.25) is 5.75 Å². The van der Waals surface area contributed by atoms with Gasteiger partial charge >= 0.3 is 18.2 Å². The summed E-state index contributed by atoms with van der Waals surface area (Å²) in [5, 5.41) is 10.3. The molecule has 10 heteroatoms. The Hall–Kier alpha value is -2.00. The molecule has 0 saturated heterocycles. The molecular weight excluding hydrogens is 272 g/mol. The lowest BCUT2D eigenvalue weighted by Crippen LogP contribution is -2.18. The molecule has 18 heavy (non-hydrogen) atoms. The van der Waals surface area contributed by atoms with Gasteiger partial charge in [-0.1, -0.05) is 0 Å². The number of nitro benzene ring substituents is 1. The fourth-order valence-corrected chi connectivity index (χ4v) is 1.05. The predicted molar refractivity (Wildman–Crippen MR) is 44.8 cm³/mol. The summed E-state index contributed by atoms with van der Waals surface area (Å²) < 4.78 is 75.5. The normalized spacial score (nSPS) is 12.3. The molecule has 0 spiro atoms. The number of rotatable bonds is 2. The number of hydrogen-bond donors (Lipinski definition) is 0. The van der Waals surface area contributed by atoms with E-state index in [2.05, 4.69) is 4.74 Å². The van der Waals surface area contributed by atoms with Gasteiger partial charge in [-0.2, -0.15) is 13.2 Å². The third-order valence-electron chi connectivity index (χ3n) is 1.71. The summed E-state index contributed by atoms with van der Waals surface area (Å²) in [6, 6.07) is 0.511. The second-order valence-corrected chi connectivity index (χ2v) is 2.99. The molecule has 100 valence electrons. The Morgan fingerprint density at radius 3 is 2.06 bits per heavy atom. The summed E-state index contributed by atoms with van der Waals surface area (Å²) in [5.41, 5.74) is -2.69. The maximum atomic E-state index is 12.2. The molecule has 0 amide bonds. The van der Waals surface area contributed by atoms with E-state index in [0.29, 0.717) is 12.1 Å². The third kappa shape index (κ3) is 3.50. The largest absolute Gasteiger partial charge is 0.573 e. The van der Waals surface area contributed by atoms with Gasteiger partial charge in [0.15, 0.2) is 0 Å². The maximum Gasteiger partial charge on any atom is 0.573 e. The molecule has 0 N–H and O–H groups in total. The molecule has 0 unspecified atom stereocenters. The first-order valence-corrected chi connectivity index (χ1v) is 4.12. The summed E-state index contributed by atoms with van der Waals surface area (Å²) in [4.78, 5) is 9.07. The topological polar surface area (TPSA) is 52.4 Å². The Labute approximate surface area is 94.9 Å². The van der Waals surface area contributed by atoms with Crippen LogP contribution in [0, 0.1) is 10.1 Å². The minimum atomic E-state index is -5.32. The minimum absolute atomic E-state index is 0.0778. The minimum Gasteiger partial charge on any atom is -0.398 e. The Morgan fingerprint density at radius 2 is 1.67 bits per heavy atom. The SMILES string of the molecule is O=[N+]([O-])c1ccc(C(F)(F)F)cc1OC(F)(F)F. The van der Waals surface area contributed by atoms with Gasteiger partial charge in [0.05, 0.1) is 10.5 Å². The van der Waals surface area contributed by atoms with Crippen LogP contribution < -0.4 is 4.74 Å². The number of halogens is 6. The van der Waals surface area contributed by atoms with Crippen LogP contribution in [0.2, 0.25) is 0 Å². The van der Waals surface area contributed by atoms with Crippen molar-refractivity contribution < 1.29 is 36.0 Å². The highest BCUT2D eigenvalue weighted by Gasteiger charge is 2.37. The first-order chi connectivity index (χ1) is 8.00. The van der Waals surface area contributed by atoms with Crippen molar-refractivity contribution in [2.24, 2.45) is 0 Å². The molecule has 0 aliphatic heterocycles. The molecule has 1 aromatic carbocycles. The van der Waals surface area contributed by atoms with Crippen molar-refractivity contribution in [3.8, 4) is 5.75 Å². The smallest absolute Gasteiger partial charge is 0.398 e. The van der Waals surface area contributed by atoms with E-state index in [-0.39, 0.29) is 6.07 Å². The van der Waals surface area contributed by atoms with Crippen LogP contribution >= 0.6 is 0 Å². The van der Waals surface area contributed by atoms with Crippen LogP contribution in [0.15, 0.2) is 18.2 Å². The van der Waals surface area contributed by atoms with Gasteiger partial charge in [-0.3, -0.25) is 10.1 Å². The van der Waals surface area contributed by atoms with Gasteiger partial charge in [0.25, 0.3) is 0 Å². The van der Waals surface area contributed by atoms with Gasteiger partial charge in [-0.15, -0.1) is 13.2 Å². The third-order valence-corrected chi connectivity index (χ3v) is 1.71. The Kier molecular flexibility index (Phi) is 3.40. The lowest BCUT2D eigenvalue weighted by atomic mass is 10.2. The highest BCUT2D eigenvalue weighted by Crippen LogP contribution is 2.38. The van der Waals surface area contributed by atoms with E-state index in [9.17, 15) is 36.5 Å². The fourth-order valence-electron chi connectivity index (χ4n) is 1.05. The summed E-state index contributed by atoms with van der Waals surface area (Å²) >= 11 is 0. The van der Waals surface area contributed by atoms with Crippen LogP contribution in [0.1, 0.15) is 5.56 Å². The van der Waals surface area contributed by atoms with Crippen molar-refractivity contribution >= 4 is 5.69 Å². The molecular formula is C8H3F6NO3. The molecule has 0 radical (unpaired) electrons. The molecule has 0 aromatic heterocycles. The zero-order valence-electron chi connectivity index (χ0n) is 8.17. The van der Waals surface area contributed by atoms with E-state index >= 15 is 0 Å². The average molecular weight is 275 g/mol. The Morgan fingerprint density at radius 1 is 1.11 bits per heavy atom. The molecule has 0 saturated carbocycles. The number of nitro groups is 1. The standard InChI is InChI=1S/C8H3F6NO3/c9-7(10,11)4-1-2-5(15(16)17)6(3-4)18-8(12,13)14/h1-3H. The van der Waals surface area contributed by atoms with Crippen molar-refractivity contribution in [1.82, 2.24) is 0 Å². The Balaban J connectivity index is 3.29. The quantitative estimate of drug-likeness (QED) is 0.471. The molecule has 0 fully saturated rings. The number of benzene rings is 1. The summed E-state index contributed by atoms with van der Waals surface area (Å²) in [7, 11) is 0. The van der Waals surface area contributed by atoms with Crippen LogP contribution in [0.25, 0.3) is 0 Å². The highest BCUT2D eigenvalue weighted by atomic mass is 19.4. The molecule has 0 bridgehead atoms. The first-order valence-electron chi connectivity index (χ1n) is 4.12. The number of alkyl halides is 6. The van der Waals surface area contributed by atoms with Crippen LogP contribution in [0.5, 0.6) is 5.75 Å². The van der Waals surface area contributed by atoms with Crippen LogP contribution in [0.4, 0.5) is 32.0 Å². The van der Waals surface area contributed by atoms with Crippen molar-refractivity contribution in [1.29, 1.82) is 0 Å². The summed E-state index contributed by atoms with van der Waals surface area (Å²) in [5.74, 6) is -1.51. The highest BCUT2D eigenvalue weighted by molar-refractivity contribution is 5.49. The summed E-state index contributed by atoms with van der Waals surface area (Å²) in [6.07, 6.45) is -10.3. The molecule has 0 heterocycles. The van der Waals surface area contributed by atoms with Crippen molar-refractivity contribution in [3.05, 3.63) is 33.9 Å². The van der Waals surface area contributed by atoms with Crippen molar-refractivity contribution in [3.63, 3.8) is 0 Å². The predicted octanol–water partition coefficient (Wildman–Crippen LogP) is 3.51. The van der Waals surface area contributed by atoms with Gasteiger partial charge in [-0.05, 0) is 12.1 Å². The second-order valence-electron chi connectivity index (χ2n) is 2.99. The molecule has 0 atom stereocenters. The zero-order valence-corrected chi connectivity index (χ0v) is 8.17. The van der Waals surface area contributed by atoms with Crippen molar-refractivity contribution in [2.45, 2.75) is 12.5 Å². The lowest BCUT2D eigenvalue weighted by molar-refractivity contribution is -0.388. The van der Waals surface area contributed by atoms with Gasteiger partial charge in [0.1, 0.15) is 0 Å². The average Bonchev–Trinajstić information content (AvgIpc) is 2.12. The molecule has 0 aliphatic rings. The molecule has 1 aromatic rings. The number of hydrogen-bond acceptors (Lipinski definition) is 3. The monoisotopic (exact) mass is 275 g/mol. The first kappa shape index (κ1) is 14.1. The van der Waals surface area contributed by atoms with Crippen LogP contribution in [-0.4, -0.2) is 11.3 Å². The second kappa shape index (κ2) is 4.35. The zero-order chi connectivity index (χ0) is 14.1. The summed E-state index contributed by atoms with van der Waals surface area (Å²) in [6.45, 7) is 0. The number of ether oxygens (including phenoxy) is 1. The van der Waals surface area contributed by atoms with Crippen LogP contribution in [-0.2, 0) is 6.18 Å². The maximum absolute atomic E-state index is 12.2. The lowest BCUT2D eigenvalue weighted by Gasteiger charge is -2.11. The van der Waals surface area contributed by atoms with E-state index in [1.54, 1.807) is 0 Å². The van der Waals surface area contributed by atoms with Crippen LogP contribution in [0.3, 0.4) is 0 Å².